The molecule has 460 valence electrons. The summed E-state index contributed by atoms with van der Waals surface area (Å²) in [5, 5.41) is 20.5. The average Bonchev–Trinajstić information content (AvgIpc) is 4.31. The normalized spacial score (nSPS) is 21.4. The minimum absolute atomic E-state index is 0.0375. The van der Waals surface area contributed by atoms with E-state index in [-0.39, 0.29) is 61.8 Å². The second-order valence-corrected chi connectivity index (χ2v) is 25.8. The van der Waals surface area contributed by atoms with Gasteiger partial charge in [-0.05, 0) is 112 Å². The van der Waals surface area contributed by atoms with Crippen LogP contribution in [0.3, 0.4) is 0 Å². The molecule has 2 N–H and O–H groups in total. The maximum Gasteiger partial charge on any atom is 0.418 e. The van der Waals surface area contributed by atoms with Gasteiger partial charge in [-0.2, -0.15) is 22.8 Å². The number of hydrogen-bond donors (Lipinski definition) is 2. The van der Waals surface area contributed by atoms with Crippen LogP contribution in [0.1, 0.15) is 201 Å². The van der Waals surface area contributed by atoms with Gasteiger partial charge in [-0.1, -0.05) is 53.4 Å². The van der Waals surface area contributed by atoms with Gasteiger partial charge in [-0.25, -0.2) is 27.6 Å². The summed E-state index contributed by atoms with van der Waals surface area (Å²) in [4.78, 5) is 56.3. The Kier molecular flexibility index (Phi) is 22.6. The van der Waals surface area contributed by atoms with Crippen molar-refractivity contribution in [1.29, 1.82) is 0 Å². The first kappa shape index (κ1) is 65.2. The molecule has 0 spiro atoms. The van der Waals surface area contributed by atoms with E-state index in [4.69, 9.17) is 22.9 Å². The van der Waals surface area contributed by atoms with Crippen LogP contribution in [0.15, 0.2) is 8.83 Å². The third-order valence-corrected chi connectivity index (χ3v) is 15.7. The number of aromatic nitrogens is 4. The third kappa shape index (κ3) is 18.5. The zero-order chi connectivity index (χ0) is 59.5. The number of carbonyl (C=O) groups is 4. The van der Waals surface area contributed by atoms with Gasteiger partial charge in [0.25, 0.3) is 0 Å². The summed E-state index contributed by atoms with van der Waals surface area (Å²) in [5.74, 6) is 0.757. The van der Waals surface area contributed by atoms with Crippen molar-refractivity contribution in [3.8, 4) is 0 Å². The first-order valence-corrected chi connectivity index (χ1v) is 31.5. The number of piperidine rings is 2. The number of amides is 6. The van der Waals surface area contributed by atoms with E-state index in [1.807, 2.05) is 0 Å². The second-order valence-electron chi connectivity index (χ2n) is 23.8. The average molecular weight is 1190 g/mol. The molecule has 0 aromatic carbocycles. The zero-order valence-corrected chi connectivity index (χ0v) is 50.6. The highest BCUT2D eigenvalue weighted by Gasteiger charge is 2.51. The van der Waals surface area contributed by atoms with E-state index in [9.17, 15) is 40.6 Å². The van der Waals surface area contributed by atoms with Crippen LogP contribution >= 0.6 is 0 Å². The maximum atomic E-state index is 12.7. The SMILES string of the molecule is CC(C)(C)OC(=O)N(Cc1nnc([C@@H]2CC[C@@H]3CN2C(=O)N3OS(=O)(=O)O)o1)C1CNC1.CC(C)(C)OC(=O)N(Cc1nnc([C@@H]2CC[C@@H]3CN2C(=O)N3OS(=O)(=O)[O-])o1)C1CCC1.CCCC[N+](CCCC)(CCCC)CCCC. The quantitative estimate of drug-likeness (QED) is 0.0598. The van der Waals surface area contributed by atoms with Crippen LogP contribution in [0, 0.1) is 0 Å². The molecule has 30 heteroatoms. The number of carbonyl (C=O) groups excluding carboxylic acids is 4. The predicted octanol–water partition coefficient (Wildman–Crippen LogP) is 7.15. The lowest BCUT2D eigenvalue weighted by molar-refractivity contribution is -0.929. The number of nitrogens with zero attached hydrogens (tertiary/aromatic N) is 11. The Labute approximate surface area is 477 Å². The van der Waals surface area contributed by atoms with E-state index in [1.165, 1.54) is 96.7 Å². The van der Waals surface area contributed by atoms with Gasteiger partial charge in [0.2, 0.25) is 34.0 Å². The molecule has 6 fully saturated rings. The number of ether oxygens (including phenoxy) is 2. The summed E-state index contributed by atoms with van der Waals surface area (Å²) in [6.07, 6.45) is 14.5. The number of rotatable bonds is 24. The van der Waals surface area contributed by atoms with Crippen LogP contribution in [0.5, 0.6) is 0 Å². The number of nitrogens with one attached hydrogen (secondary N) is 1. The van der Waals surface area contributed by atoms with Gasteiger partial charge < -0.3 is 42.5 Å². The van der Waals surface area contributed by atoms with Gasteiger partial charge in [0.15, 0.2) is 0 Å². The number of fused-ring (bicyclic) bond motifs is 4. The van der Waals surface area contributed by atoms with Gasteiger partial charge in [0.05, 0.1) is 44.3 Å². The largest absolute Gasteiger partial charge is 0.724 e. The Morgan fingerprint density at radius 3 is 1.36 bits per heavy atom. The van der Waals surface area contributed by atoms with Gasteiger partial charge in [0, 0.05) is 32.2 Å². The van der Waals surface area contributed by atoms with E-state index in [2.05, 4.69) is 62.0 Å². The Hall–Kier alpha value is -4.98. The fourth-order valence-corrected chi connectivity index (χ4v) is 11.3. The van der Waals surface area contributed by atoms with Crippen LogP contribution in [0.25, 0.3) is 0 Å². The molecule has 5 saturated heterocycles. The number of urea groups is 2. The van der Waals surface area contributed by atoms with Crippen molar-refractivity contribution in [1.82, 2.24) is 55.4 Å². The highest BCUT2D eigenvalue weighted by molar-refractivity contribution is 7.81. The van der Waals surface area contributed by atoms with Crippen molar-refractivity contribution >= 4 is 45.0 Å². The van der Waals surface area contributed by atoms with Crippen molar-refractivity contribution in [2.75, 3.05) is 52.4 Å². The molecule has 0 unspecified atom stereocenters. The van der Waals surface area contributed by atoms with Gasteiger partial charge >= 0.3 is 34.6 Å². The van der Waals surface area contributed by atoms with Crippen LogP contribution in [-0.4, -0.2) is 193 Å². The van der Waals surface area contributed by atoms with Gasteiger partial charge in [-0.3, -0.25) is 14.4 Å². The summed E-state index contributed by atoms with van der Waals surface area (Å²) in [7, 11) is -9.89. The molecule has 5 aliphatic heterocycles. The minimum atomic E-state index is -5.07. The molecule has 6 aliphatic rings. The molecule has 0 radical (unpaired) electrons. The van der Waals surface area contributed by atoms with Crippen LogP contribution in [-0.2, 0) is 51.9 Å². The van der Waals surface area contributed by atoms with E-state index in [0.717, 1.165) is 19.3 Å². The van der Waals surface area contributed by atoms with E-state index in [0.29, 0.717) is 48.9 Å². The maximum absolute atomic E-state index is 12.7. The summed E-state index contributed by atoms with van der Waals surface area (Å²) in [6.45, 7) is 27.5. The van der Waals surface area contributed by atoms with E-state index >= 15 is 0 Å². The van der Waals surface area contributed by atoms with Crippen molar-refractivity contribution in [2.24, 2.45) is 0 Å². The Balaban J connectivity index is 0.000000206. The topological polar surface area (TPSA) is 326 Å². The van der Waals surface area contributed by atoms with Crippen molar-refractivity contribution in [3.05, 3.63) is 23.6 Å². The van der Waals surface area contributed by atoms with Crippen molar-refractivity contribution in [3.63, 3.8) is 0 Å². The van der Waals surface area contributed by atoms with Crippen molar-refractivity contribution in [2.45, 2.75) is 226 Å². The summed E-state index contributed by atoms with van der Waals surface area (Å²) in [6, 6.07) is -3.72. The van der Waals surface area contributed by atoms with E-state index in [1.54, 1.807) is 46.4 Å². The standard InChI is InChI=1S/C18H27N5O8S.C17H26N6O8S.C16H36N/c1-18(2,3)30-17(25)21(11-5-4-6-11)10-14-19-20-15(29-14)13-8-7-12-9-22(13)16(24)23(12)31-32(26,27)28;1-17(2,3)30-16(25)21(11-6-18-7-11)9-13-19-20-14(29-13)12-5-4-10-8-22(12)15(24)23(10)31-32(26,27)28;1-5-9-13-17(14-10-6-2,15-11-7-3)16-12-8-4/h11-13H,4-10H2,1-3H3,(H,26,27,28);10-12,18H,4-9H2,1-3H3,(H,26,27,28);5-16H2,1-4H3/q;;+1/p-1/t12-,13+;10-,12+;/m11./s1. The lowest BCUT2D eigenvalue weighted by atomic mass is 9.92. The molecule has 2 aromatic rings. The lowest BCUT2D eigenvalue weighted by Crippen LogP contribution is -2.59. The summed E-state index contributed by atoms with van der Waals surface area (Å²) >= 11 is 0. The first-order valence-electron chi connectivity index (χ1n) is 28.8. The van der Waals surface area contributed by atoms with Crippen LogP contribution in [0.2, 0.25) is 0 Å². The summed E-state index contributed by atoms with van der Waals surface area (Å²) in [5.41, 5.74) is -1.30. The highest BCUT2D eigenvalue weighted by Crippen LogP contribution is 2.40. The lowest BCUT2D eigenvalue weighted by Gasteiger charge is -2.39. The van der Waals surface area contributed by atoms with Crippen molar-refractivity contribution < 1.29 is 76.5 Å². The zero-order valence-electron chi connectivity index (χ0n) is 48.9. The molecule has 28 nitrogen and oxygen atoms in total. The van der Waals surface area contributed by atoms with E-state index < -0.39 is 80.4 Å². The summed E-state index contributed by atoms with van der Waals surface area (Å²) < 4.78 is 96.5. The molecular formula is C51H88N12O16S2. The first-order chi connectivity index (χ1) is 38.1. The third-order valence-electron chi connectivity index (χ3n) is 15.1. The second kappa shape index (κ2) is 28.1. The molecule has 8 rings (SSSR count). The Bertz CT molecular complexity index is 2420. The number of hydroxylamine groups is 4. The highest BCUT2D eigenvalue weighted by atomic mass is 32.3. The Morgan fingerprint density at radius 2 is 1.04 bits per heavy atom. The smallest absolute Gasteiger partial charge is 0.418 e. The molecule has 1 aliphatic carbocycles. The molecule has 1 saturated carbocycles. The minimum Gasteiger partial charge on any atom is -0.724 e. The van der Waals surface area contributed by atoms with Gasteiger partial charge in [-0.15, -0.1) is 24.7 Å². The fraction of sp³-hybridized carbons (Fsp3) is 0.843. The molecule has 6 amide bonds. The fourth-order valence-electron chi connectivity index (χ4n) is 10.6. The predicted molar refractivity (Wildman–Crippen MR) is 289 cm³/mol. The monoisotopic (exact) mass is 1190 g/mol. The number of quaternary nitrogens is 1. The molecule has 4 atom stereocenters. The number of hydrogen-bond acceptors (Lipinski definition) is 20. The Morgan fingerprint density at radius 1 is 0.642 bits per heavy atom. The number of unbranched alkanes of at least 4 members (excludes halogenated alkanes) is 4. The van der Waals surface area contributed by atoms with Gasteiger partial charge in [0.1, 0.15) is 36.4 Å². The molecule has 7 heterocycles. The molecule has 2 aromatic heterocycles. The van der Waals surface area contributed by atoms with Crippen LogP contribution < -0.4 is 5.32 Å². The van der Waals surface area contributed by atoms with Crippen LogP contribution in [0.4, 0.5) is 19.2 Å². The molecule has 81 heavy (non-hydrogen) atoms. The molecular weight excluding hydrogens is 1100 g/mol. The molecule has 4 bridgehead atoms.